The van der Waals surface area contributed by atoms with Crippen LogP contribution >= 0.6 is 0 Å². The van der Waals surface area contributed by atoms with Gasteiger partial charge in [-0.15, -0.1) is 0 Å². The second-order valence-electron chi connectivity index (χ2n) is 3.89. The summed E-state index contributed by atoms with van der Waals surface area (Å²) in [6, 6.07) is 4.99. The van der Waals surface area contributed by atoms with Crippen LogP contribution in [-0.2, 0) is 0 Å². The summed E-state index contributed by atoms with van der Waals surface area (Å²) < 4.78 is 17.3. The minimum Gasteiger partial charge on any atom is -0.503 e. The Morgan fingerprint density at radius 3 is 2.88 bits per heavy atom. The third-order valence-corrected chi connectivity index (χ3v) is 2.43. The van der Waals surface area contributed by atoms with Gasteiger partial charge < -0.3 is 20.5 Å². The molecule has 0 saturated heterocycles. The zero-order chi connectivity index (χ0) is 12.7. The van der Waals surface area contributed by atoms with E-state index in [9.17, 15) is 9.50 Å². The van der Waals surface area contributed by atoms with Crippen molar-refractivity contribution < 1.29 is 14.2 Å². The molecule has 0 aliphatic carbocycles. The van der Waals surface area contributed by atoms with Gasteiger partial charge >= 0.3 is 0 Å². The first-order valence-electron chi connectivity index (χ1n) is 5.60. The van der Waals surface area contributed by atoms with Gasteiger partial charge in [-0.25, -0.2) is 0 Å². The van der Waals surface area contributed by atoms with Crippen LogP contribution in [0.2, 0.25) is 0 Å². The number of halogens is 1. The molecule has 1 aromatic rings. The van der Waals surface area contributed by atoms with E-state index in [1.807, 2.05) is 11.9 Å². The maximum atomic E-state index is 11.9. The molecule has 96 valence electrons. The molecule has 0 aliphatic rings. The second-order valence-corrected chi connectivity index (χ2v) is 3.89. The van der Waals surface area contributed by atoms with Crippen molar-refractivity contribution in [2.45, 2.75) is 6.42 Å². The van der Waals surface area contributed by atoms with Crippen LogP contribution in [0.25, 0.3) is 0 Å². The van der Waals surface area contributed by atoms with E-state index in [0.29, 0.717) is 37.6 Å². The molecule has 0 atom stereocenters. The Bertz CT molecular complexity index is 347. The zero-order valence-electron chi connectivity index (χ0n) is 10.0. The van der Waals surface area contributed by atoms with Crippen molar-refractivity contribution in [2.24, 2.45) is 0 Å². The summed E-state index contributed by atoms with van der Waals surface area (Å²) in [6.07, 6.45) is 0.528. The molecular formula is C12H19FN2O2. The highest BCUT2D eigenvalue weighted by Gasteiger charge is 2.05. The van der Waals surface area contributed by atoms with E-state index in [0.717, 1.165) is 0 Å². The van der Waals surface area contributed by atoms with Crippen LogP contribution in [0.15, 0.2) is 18.2 Å². The number of ether oxygens (including phenoxy) is 1. The van der Waals surface area contributed by atoms with E-state index in [1.165, 1.54) is 0 Å². The number of nitrogens with zero attached hydrogens (tertiary/aromatic N) is 1. The Labute approximate surface area is 101 Å². The van der Waals surface area contributed by atoms with E-state index >= 15 is 0 Å². The fourth-order valence-electron chi connectivity index (χ4n) is 1.41. The maximum absolute atomic E-state index is 11.9. The summed E-state index contributed by atoms with van der Waals surface area (Å²) in [6.45, 7) is 1.50. The third-order valence-electron chi connectivity index (χ3n) is 2.43. The van der Waals surface area contributed by atoms with E-state index in [2.05, 4.69) is 0 Å². The average molecular weight is 242 g/mol. The molecule has 0 unspecified atom stereocenters. The maximum Gasteiger partial charge on any atom is 0.181 e. The van der Waals surface area contributed by atoms with Crippen LogP contribution in [0, 0.1) is 0 Å². The van der Waals surface area contributed by atoms with Crippen LogP contribution in [0.4, 0.5) is 10.1 Å². The molecule has 0 aromatic heterocycles. The number of para-hydroxylation sites is 1. The van der Waals surface area contributed by atoms with Gasteiger partial charge in [0.15, 0.2) is 11.5 Å². The van der Waals surface area contributed by atoms with Gasteiger partial charge in [0.2, 0.25) is 0 Å². The molecule has 0 radical (unpaired) electrons. The van der Waals surface area contributed by atoms with E-state index < -0.39 is 0 Å². The molecule has 4 nitrogen and oxygen atoms in total. The quantitative estimate of drug-likeness (QED) is 0.564. The summed E-state index contributed by atoms with van der Waals surface area (Å²) in [5, 5.41) is 9.59. The standard InChI is InChI=1S/C12H19FN2O2/c1-15(7-3-6-13)8-9-17-11-5-2-4-10(14)12(11)16/h2,4-5,16H,3,6-9,14H2,1H3. The lowest BCUT2D eigenvalue weighted by Gasteiger charge is -2.16. The van der Waals surface area contributed by atoms with Crippen LogP contribution in [0.3, 0.4) is 0 Å². The first kappa shape index (κ1) is 13.6. The Balaban J connectivity index is 2.33. The highest BCUT2D eigenvalue weighted by atomic mass is 19.1. The molecular weight excluding hydrogens is 223 g/mol. The SMILES string of the molecule is CN(CCCF)CCOc1cccc(N)c1O. The molecule has 1 aromatic carbocycles. The Kier molecular flexibility index (Phi) is 5.56. The van der Waals surface area contributed by atoms with E-state index in [4.69, 9.17) is 10.5 Å². The number of alkyl halides is 1. The van der Waals surface area contributed by atoms with E-state index in [1.54, 1.807) is 18.2 Å². The van der Waals surface area contributed by atoms with Crippen molar-refractivity contribution in [1.29, 1.82) is 0 Å². The summed E-state index contributed by atoms with van der Waals surface area (Å²) in [7, 11) is 1.90. The normalized spacial score (nSPS) is 10.8. The lowest BCUT2D eigenvalue weighted by molar-refractivity contribution is 0.226. The van der Waals surface area contributed by atoms with Crippen molar-refractivity contribution in [1.82, 2.24) is 4.90 Å². The number of anilines is 1. The van der Waals surface area contributed by atoms with Gasteiger partial charge in [0.05, 0.1) is 12.4 Å². The number of hydrogen-bond donors (Lipinski definition) is 2. The lowest BCUT2D eigenvalue weighted by Crippen LogP contribution is -2.25. The van der Waals surface area contributed by atoms with Crippen LogP contribution < -0.4 is 10.5 Å². The summed E-state index contributed by atoms with van der Waals surface area (Å²) >= 11 is 0. The van der Waals surface area contributed by atoms with Crippen molar-refractivity contribution >= 4 is 5.69 Å². The van der Waals surface area contributed by atoms with Gasteiger partial charge in [-0.3, -0.25) is 4.39 Å². The molecule has 0 aliphatic heterocycles. The molecule has 0 spiro atoms. The summed E-state index contributed by atoms with van der Waals surface area (Å²) in [4.78, 5) is 1.98. The molecule has 17 heavy (non-hydrogen) atoms. The number of phenols is 1. The molecule has 0 bridgehead atoms. The van der Waals surface area contributed by atoms with Crippen molar-refractivity contribution in [3.8, 4) is 11.5 Å². The van der Waals surface area contributed by atoms with Gasteiger partial charge in [0.25, 0.3) is 0 Å². The number of likely N-dealkylation sites (N-methyl/N-ethyl adjacent to an activating group) is 1. The first-order chi connectivity index (χ1) is 8.15. The fourth-order valence-corrected chi connectivity index (χ4v) is 1.41. The molecule has 0 saturated carbocycles. The fraction of sp³-hybridized carbons (Fsp3) is 0.500. The molecule has 0 amide bonds. The number of aromatic hydroxyl groups is 1. The van der Waals surface area contributed by atoms with Gasteiger partial charge in [0, 0.05) is 13.1 Å². The molecule has 0 heterocycles. The number of nitrogens with two attached hydrogens (primary N) is 1. The summed E-state index contributed by atoms with van der Waals surface area (Å²) in [5.41, 5.74) is 5.84. The molecule has 5 heteroatoms. The lowest BCUT2D eigenvalue weighted by atomic mass is 10.3. The largest absolute Gasteiger partial charge is 0.503 e. The smallest absolute Gasteiger partial charge is 0.181 e. The van der Waals surface area contributed by atoms with Crippen molar-refractivity contribution in [2.75, 3.05) is 39.2 Å². The summed E-state index contributed by atoms with van der Waals surface area (Å²) in [5.74, 6) is 0.350. The van der Waals surface area contributed by atoms with Gasteiger partial charge in [-0.05, 0) is 25.6 Å². The van der Waals surface area contributed by atoms with Crippen molar-refractivity contribution in [3.63, 3.8) is 0 Å². The predicted octanol–water partition coefficient (Wildman–Crippen LogP) is 1.64. The molecule has 3 N–H and O–H groups in total. The topological polar surface area (TPSA) is 58.7 Å². The van der Waals surface area contributed by atoms with Crippen LogP contribution in [-0.4, -0.2) is 43.4 Å². The zero-order valence-corrected chi connectivity index (χ0v) is 10.0. The number of rotatable bonds is 7. The van der Waals surface area contributed by atoms with Crippen LogP contribution in [0.5, 0.6) is 11.5 Å². The Morgan fingerprint density at radius 2 is 2.18 bits per heavy atom. The van der Waals surface area contributed by atoms with E-state index in [-0.39, 0.29) is 12.4 Å². The highest BCUT2D eigenvalue weighted by Crippen LogP contribution is 2.31. The predicted molar refractivity (Wildman–Crippen MR) is 66.1 cm³/mol. The number of hydrogen-bond acceptors (Lipinski definition) is 4. The number of nitrogen functional groups attached to an aromatic ring is 1. The molecule has 0 fully saturated rings. The van der Waals surface area contributed by atoms with Crippen molar-refractivity contribution in [3.05, 3.63) is 18.2 Å². The Morgan fingerprint density at radius 1 is 1.41 bits per heavy atom. The van der Waals surface area contributed by atoms with Gasteiger partial charge in [0.1, 0.15) is 6.61 Å². The average Bonchev–Trinajstić information content (AvgIpc) is 2.32. The number of benzene rings is 1. The first-order valence-corrected chi connectivity index (χ1v) is 5.60. The van der Waals surface area contributed by atoms with Crippen LogP contribution in [0.1, 0.15) is 6.42 Å². The van der Waals surface area contributed by atoms with Gasteiger partial charge in [-0.1, -0.05) is 6.07 Å². The molecule has 1 rings (SSSR count). The monoisotopic (exact) mass is 242 g/mol. The minimum atomic E-state index is -0.304. The minimum absolute atomic E-state index is 0.0288. The third kappa shape index (κ3) is 4.48. The highest BCUT2D eigenvalue weighted by molar-refractivity contribution is 5.58. The Hall–Kier alpha value is -1.49. The second kappa shape index (κ2) is 6.96. The van der Waals surface area contributed by atoms with Gasteiger partial charge in [-0.2, -0.15) is 0 Å². The number of phenolic OH excluding ortho intramolecular Hbond substituents is 1.